The lowest BCUT2D eigenvalue weighted by Gasteiger charge is -2.07. The van der Waals surface area contributed by atoms with Crippen LogP contribution in [-0.2, 0) is 13.3 Å². The highest BCUT2D eigenvalue weighted by Crippen LogP contribution is 1.89. The van der Waals surface area contributed by atoms with Crippen molar-refractivity contribution >= 4 is 21.1 Å². The standard InChI is InChI=1S/C4H9ClO3Si/c1-6-9(7-2)8-4-3-5/h3-4,9H,1-2H3. The first-order chi connectivity index (χ1) is 4.35. The average molecular weight is 169 g/mol. The van der Waals surface area contributed by atoms with Crippen molar-refractivity contribution in [2.75, 3.05) is 14.2 Å². The molecule has 54 valence electrons. The molecule has 0 aliphatic rings. The molecule has 0 radical (unpaired) electrons. The van der Waals surface area contributed by atoms with E-state index in [1.54, 1.807) is 0 Å². The maximum Gasteiger partial charge on any atom is 0.548 e. The summed E-state index contributed by atoms with van der Waals surface area (Å²) in [6, 6.07) is 0. The molecule has 0 aliphatic heterocycles. The summed E-state index contributed by atoms with van der Waals surface area (Å²) in [6.45, 7) is 0. The van der Waals surface area contributed by atoms with Gasteiger partial charge in [-0.2, -0.15) is 0 Å². The Morgan fingerprint density at radius 2 is 1.89 bits per heavy atom. The van der Waals surface area contributed by atoms with Gasteiger partial charge in [0.15, 0.2) is 0 Å². The van der Waals surface area contributed by atoms with Crippen LogP contribution in [0.2, 0.25) is 0 Å². The Balaban J connectivity index is 3.31. The second-order valence-corrected chi connectivity index (χ2v) is 3.20. The number of hydrogen-bond donors (Lipinski definition) is 0. The highest BCUT2D eigenvalue weighted by Gasteiger charge is 2.08. The van der Waals surface area contributed by atoms with Crippen LogP contribution in [0.25, 0.3) is 0 Å². The predicted molar refractivity (Wildman–Crippen MR) is 37.2 cm³/mol. The fourth-order valence-corrected chi connectivity index (χ4v) is 1.08. The zero-order chi connectivity index (χ0) is 7.11. The molecule has 0 heterocycles. The molecule has 0 unspecified atom stereocenters. The summed E-state index contributed by atoms with van der Waals surface area (Å²) >= 11 is 5.17. The molecular weight excluding hydrogens is 160 g/mol. The van der Waals surface area contributed by atoms with Crippen LogP contribution in [0.3, 0.4) is 0 Å². The topological polar surface area (TPSA) is 27.7 Å². The van der Waals surface area contributed by atoms with Crippen molar-refractivity contribution < 1.29 is 13.3 Å². The zero-order valence-corrected chi connectivity index (χ0v) is 7.25. The fourth-order valence-electron chi connectivity index (χ4n) is 0.301. The Kier molecular flexibility index (Phi) is 6.07. The average Bonchev–Trinajstić information content (AvgIpc) is 1.91. The van der Waals surface area contributed by atoms with Gasteiger partial charge in [-0.25, -0.2) is 0 Å². The monoisotopic (exact) mass is 168 g/mol. The smallest absolute Gasteiger partial charge is 0.509 e. The van der Waals surface area contributed by atoms with Crippen molar-refractivity contribution in [3.63, 3.8) is 0 Å². The molecule has 0 fully saturated rings. The fraction of sp³-hybridized carbons (Fsp3) is 0.500. The first-order valence-electron chi connectivity index (χ1n) is 2.31. The van der Waals surface area contributed by atoms with Gasteiger partial charge in [0.2, 0.25) is 0 Å². The Labute approximate surface area is 61.1 Å². The van der Waals surface area contributed by atoms with Gasteiger partial charge >= 0.3 is 9.53 Å². The minimum atomic E-state index is -1.88. The summed E-state index contributed by atoms with van der Waals surface area (Å²) in [5.41, 5.74) is 1.26. The molecule has 3 nitrogen and oxygen atoms in total. The van der Waals surface area contributed by atoms with Crippen LogP contribution >= 0.6 is 11.6 Å². The third-order valence-corrected chi connectivity index (χ3v) is 1.88. The lowest BCUT2D eigenvalue weighted by atomic mass is 11.2. The van der Waals surface area contributed by atoms with Gasteiger partial charge < -0.3 is 13.3 Å². The van der Waals surface area contributed by atoms with Gasteiger partial charge in [-0.3, -0.25) is 0 Å². The van der Waals surface area contributed by atoms with E-state index in [0.717, 1.165) is 0 Å². The van der Waals surface area contributed by atoms with Gasteiger partial charge in [-0.1, -0.05) is 11.6 Å². The van der Waals surface area contributed by atoms with Gasteiger partial charge in [-0.05, 0) is 0 Å². The lowest BCUT2D eigenvalue weighted by molar-refractivity contribution is 0.181. The van der Waals surface area contributed by atoms with Crippen molar-refractivity contribution in [3.05, 3.63) is 11.8 Å². The van der Waals surface area contributed by atoms with Gasteiger partial charge in [0, 0.05) is 19.8 Å². The first kappa shape index (κ1) is 8.97. The number of rotatable bonds is 4. The largest absolute Gasteiger partial charge is 0.548 e. The van der Waals surface area contributed by atoms with Crippen molar-refractivity contribution in [1.82, 2.24) is 0 Å². The lowest BCUT2D eigenvalue weighted by Crippen LogP contribution is -2.20. The number of halogens is 1. The van der Waals surface area contributed by atoms with E-state index in [1.807, 2.05) is 0 Å². The molecule has 0 N–H and O–H groups in total. The highest BCUT2D eigenvalue weighted by molar-refractivity contribution is 6.36. The third kappa shape index (κ3) is 4.47. The minimum Gasteiger partial charge on any atom is -0.509 e. The van der Waals surface area contributed by atoms with Crippen molar-refractivity contribution in [1.29, 1.82) is 0 Å². The summed E-state index contributed by atoms with van der Waals surface area (Å²) in [4.78, 5) is 0. The SMILES string of the molecule is CO[SiH](OC)OC=CCl. The Bertz CT molecular complexity index is 83.9. The molecule has 0 amide bonds. The first-order valence-corrected chi connectivity index (χ1v) is 4.16. The molecule has 0 atom stereocenters. The maximum atomic E-state index is 5.17. The molecule has 0 aromatic carbocycles. The highest BCUT2D eigenvalue weighted by atomic mass is 35.5. The van der Waals surface area contributed by atoms with Crippen LogP contribution in [0, 0.1) is 0 Å². The molecule has 0 rings (SSSR count). The van der Waals surface area contributed by atoms with E-state index in [4.69, 9.17) is 24.9 Å². The number of hydrogen-bond acceptors (Lipinski definition) is 3. The summed E-state index contributed by atoms with van der Waals surface area (Å²) < 4.78 is 14.4. The molecule has 9 heavy (non-hydrogen) atoms. The molecule has 5 heteroatoms. The quantitative estimate of drug-likeness (QED) is 0.458. The molecular formula is C4H9ClO3Si. The molecule has 0 spiro atoms. The van der Waals surface area contributed by atoms with Crippen molar-refractivity contribution in [3.8, 4) is 0 Å². The van der Waals surface area contributed by atoms with Crippen LogP contribution in [0.15, 0.2) is 11.8 Å². The van der Waals surface area contributed by atoms with Gasteiger partial charge in [0.05, 0.1) is 6.26 Å². The second kappa shape index (κ2) is 6.09. The molecule has 0 saturated carbocycles. The minimum absolute atomic E-state index is 1.26. The zero-order valence-electron chi connectivity index (χ0n) is 5.33. The van der Waals surface area contributed by atoms with Crippen molar-refractivity contribution in [2.24, 2.45) is 0 Å². The van der Waals surface area contributed by atoms with Gasteiger partial charge in [-0.15, -0.1) is 0 Å². The van der Waals surface area contributed by atoms with E-state index >= 15 is 0 Å². The molecule has 0 bridgehead atoms. The van der Waals surface area contributed by atoms with Gasteiger partial charge in [0.25, 0.3) is 0 Å². The van der Waals surface area contributed by atoms with E-state index in [9.17, 15) is 0 Å². The molecule has 0 aromatic rings. The van der Waals surface area contributed by atoms with Crippen LogP contribution < -0.4 is 0 Å². The molecule has 0 aliphatic carbocycles. The Morgan fingerprint density at radius 3 is 2.22 bits per heavy atom. The summed E-state index contributed by atoms with van der Waals surface area (Å²) in [5, 5.41) is 0. The van der Waals surface area contributed by atoms with E-state index in [2.05, 4.69) is 0 Å². The summed E-state index contributed by atoms with van der Waals surface area (Å²) in [6.07, 6.45) is 1.34. The van der Waals surface area contributed by atoms with Crippen molar-refractivity contribution in [2.45, 2.75) is 0 Å². The normalized spacial score (nSPS) is 11.1. The van der Waals surface area contributed by atoms with E-state index < -0.39 is 9.53 Å². The third-order valence-electron chi connectivity index (χ3n) is 0.626. The van der Waals surface area contributed by atoms with E-state index in [1.165, 1.54) is 26.0 Å². The Hall–Kier alpha value is -0.0331. The van der Waals surface area contributed by atoms with Crippen LogP contribution in [0.4, 0.5) is 0 Å². The maximum absolute atomic E-state index is 5.17. The second-order valence-electron chi connectivity index (χ2n) is 1.16. The predicted octanol–water partition coefficient (Wildman–Crippen LogP) is 0.723. The van der Waals surface area contributed by atoms with Crippen LogP contribution in [-0.4, -0.2) is 23.7 Å². The summed E-state index contributed by atoms with van der Waals surface area (Å²) in [7, 11) is 1.18. The molecule has 0 aromatic heterocycles. The molecule has 0 saturated heterocycles. The summed E-state index contributed by atoms with van der Waals surface area (Å²) in [5.74, 6) is 0. The van der Waals surface area contributed by atoms with Crippen LogP contribution in [0.1, 0.15) is 0 Å². The van der Waals surface area contributed by atoms with Gasteiger partial charge in [0.1, 0.15) is 0 Å². The van der Waals surface area contributed by atoms with E-state index in [-0.39, 0.29) is 0 Å². The van der Waals surface area contributed by atoms with Crippen LogP contribution in [0.5, 0.6) is 0 Å². The van der Waals surface area contributed by atoms with E-state index in [0.29, 0.717) is 0 Å². The Morgan fingerprint density at radius 1 is 1.33 bits per heavy atom.